The van der Waals surface area contributed by atoms with Crippen molar-refractivity contribution in [3.63, 3.8) is 0 Å². The lowest BCUT2D eigenvalue weighted by atomic mass is 10.0. The second-order valence-corrected chi connectivity index (χ2v) is 5.23. The Balaban J connectivity index is 2.08. The summed E-state index contributed by atoms with van der Waals surface area (Å²) in [5.41, 5.74) is 0.409. The molecule has 0 fully saturated rings. The molecule has 0 spiro atoms. The smallest absolute Gasteiger partial charge is 0.416 e. The molecule has 0 heterocycles. The third-order valence-electron chi connectivity index (χ3n) is 3.24. The van der Waals surface area contributed by atoms with Gasteiger partial charge in [-0.25, -0.2) is 4.79 Å². The van der Waals surface area contributed by atoms with E-state index in [0.717, 1.165) is 11.6 Å². The van der Waals surface area contributed by atoms with Crippen LogP contribution in [0, 0.1) is 0 Å². The topological polar surface area (TPSA) is 38.3 Å². The third-order valence-corrected chi connectivity index (χ3v) is 3.24. The lowest BCUT2D eigenvalue weighted by Crippen LogP contribution is -2.15. The van der Waals surface area contributed by atoms with Crippen molar-refractivity contribution in [2.45, 2.75) is 19.7 Å². The molecule has 0 aliphatic rings. The van der Waals surface area contributed by atoms with Crippen LogP contribution in [0.5, 0.6) is 0 Å². The minimum absolute atomic E-state index is 0.0663. The number of anilines is 1. The number of hydrogen-bond donors (Lipinski definition) is 1. The van der Waals surface area contributed by atoms with Crippen LogP contribution in [-0.4, -0.2) is 6.09 Å². The van der Waals surface area contributed by atoms with Crippen LogP contribution in [-0.2, 0) is 17.5 Å². The second-order valence-electron chi connectivity index (χ2n) is 5.23. The van der Waals surface area contributed by atoms with Crippen LogP contribution >= 0.6 is 0 Å². The molecule has 24 heavy (non-hydrogen) atoms. The number of hydrogen-bond acceptors (Lipinski definition) is 2. The maximum atomic E-state index is 13.0. The maximum absolute atomic E-state index is 13.0. The van der Waals surface area contributed by atoms with Gasteiger partial charge >= 0.3 is 12.3 Å². The Hall–Kier alpha value is -2.76. The zero-order valence-electron chi connectivity index (χ0n) is 13.0. The first-order valence-electron chi connectivity index (χ1n) is 7.12. The average Bonchev–Trinajstić information content (AvgIpc) is 2.53. The SMILES string of the molecule is C=C(C)c1cc(NC(=O)OCc2ccccc2)ccc1C(F)(F)F. The Bertz CT molecular complexity index is 740. The molecule has 0 atom stereocenters. The minimum Gasteiger partial charge on any atom is -0.444 e. The highest BCUT2D eigenvalue weighted by Crippen LogP contribution is 2.35. The number of carbonyl (C=O) groups is 1. The van der Waals surface area contributed by atoms with Crippen molar-refractivity contribution in [2.24, 2.45) is 0 Å². The molecule has 2 aromatic carbocycles. The average molecular weight is 335 g/mol. The molecule has 0 aliphatic heterocycles. The Labute approximate surface area is 137 Å². The summed E-state index contributed by atoms with van der Waals surface area (Å²) in [5.74, 6) is 0. The molecule has 0 unspecified atom stereocenters. The van der Waals surface area contributed by atoms with E-state index in [1.807, 2.05) is 18.2 Å². The number of carbonyl (C=O) groups excluding carboxylic acids is 1. The van der Waals surface area contributed by atoms with E-state index >= 15 is 0 Å². The Kier molecular flexibility index (Phi) is 5.28. The molecule has 1 N–H and O–H groups in total. The van der Waals surface area contributed by atoms with Crippen LogP contribution in [0.1, 0.15) is 23.6 Å². The molecule has 126 valence electrons. The first-order valence-corrected chi connectivity index (χ1v) is 7.12. The molecule has 0 aliphatic carbocycles. The van der Waals surface area contributed by atoms with Gasteiger partial charge in [-0.2, -0.15) is 13.2 Å². The Morgan fingerprint density at radius 3 is 2.42 bits per heavy atom. The molecule has 0 saturated carbocycles. The number of amides is 1. The lowest BCUT2D eigenvalue weighted by molar-refractivity contribution is -0.137. The van der Waals surface area contributed by atoms with E-state index in [2.05, 4.69) is 11.9 Å². The summed E-state index contributed by atoms with van der Waals surface area (Å²) in [4.78, 5) is 11.8. The van der Waals surface area contributed by atoms with Gasteiger partial charge in [-0.15, -0.1) is 0 Å². The minimum atomic E-state index is -4.49. The largest absolute Gasteiger partial charge is 0.444 e. The highest BCUT2D eigenvalue weighted by atomic mass is 19.4. The molecule has 0 aromatic heterocycles. The molecule has 0 bridgehead atoms. The van der Waals surface area contributed by atoms with Crippen molar-refractivity contribution in [1.82, 2.24) is 0 Å². The molecule has 0 saturated heterocycles. The van der Waals surface area contributed by atoms with Gasteiger partial charge < -0.3 is 4.74 Å². The predicted molar refractivity (Wildman–Crippen MR) is 86.4 cm³/mol. The summed E-state index contributed by atoms with van der Waals surface area (Å²) in [6, 6.07) is 12.4. The fourth-order valence-corrected chi connectivity index (χ4v) is 2.10. The summed E-state index contributed by atoms with van der Waals surface area (Å²) in [6.07, 6.45) is -5.23. The molecule has 6 heteroatoms. The van der Waals surface area contributed by atoms with Gasteiger partial charge in [0.15, 0.2) is 0 Å². The maximum Gasteiger partial charge on any atom is 0.416 e. The van der Waals surface area contributed by atoms with Crippen LogP contribution < -0.4 is 5.32 Å². The zero-order chi connectivity index (χ0) is 17.7. The van der Waals surface area contributed by atoms with Crippen LogP contribution in [0.25, 0.3) is 5.57 Å². The van der Waals surface area contributed by atoms with Crippen molar-refractivity contribution in [3.05, 3.63) is 71.8 Å². The molecule has 0 radical (unpaired) electrons. The van der Waals surface area contributed by atoms with E-state index in [0.29, 0.717) is 0 Å². The Morgan fingerprint density at radius 1 is 1.17 bits per heavy atom. The van der Waals surface area contributed by atoms with Crippen LogP contribution in [0.3, 0.4) is 0 Å². The molecular formula is C18H16F3NO2. The van der Waals surface area contributed by atoms with Crippen molar-refractivity contribution in [1.29, 1.82) is 0 Å². The first kappa shape index (κ1) is 17.6. The van der Waals surface area contributed by atoms with E-state index in [1.54, 1.807) is 12.1 Å². The van der Waals surface area contributed by atoms with Gasteiger partial charge in [0.1, 0.15) is 6.61 Å². The summed E-state index contributed by atoms with van der Waals surface area (Å²) in [6.45, 7) is 5.10. The number of halogens is 3. The van der Waals surface area contributed by atoms with E-state index < -0.39 is 17.8 Å². The standard InChI is InChI=1S/C18H16F3NO2/c1-12(2)15-10-14(8-9-16(15)18(19,20)21)22-17(23)24-11-13-6-4-3-5-7-13/h3-10H,1,11H2,2H3,(H,22,23). The number of alkyl halides is 3. The highest BCUT2D eigenvalue weighted by Gasteiger charge is 2.33. The number of allylic oxidation sites excluding steroid dienone is 1. The highest BCUT2D eigenvalue weighted by molar-refractivity contribution is 5.85. The second kappa shape index (κ2) is 7.21. The van der Waals surface area contributed by atoms with Gasteiger partial charge in [0.25, 0.3) is 0 Å². The normalized spacial score (nSPS) is 11.0. The summed E-state index contributed by atoms with van der Waals surface area (Å²) < 4.78 is 43.9. The third kappa shape index (κ3) is 4.62. The van der Waals surface area contributed by atoms with Gasteiger partial charge in [-0.05, 0) is 36.2 Å². The monoisotopic (exact) mass is 335 g/mol. The zero-order valence-corrected chi connectivity index (χ0v) is 13.0. The van der Waals surface area contributed by atoms with Crippen molar-refractivity contribution in [3.8, 4) is 0 Å². The van der Waals surface area contributed by atoms with Crippen molar-refractivity contribution in [2.75, 3.05) is 5.32 Å². The van der Waals surface area contributed by atoms with Crippen LogP contribution in [0.4, 0.5) is 23.7 Å². The number of rotatable bonds is 4. The van der Waals surface area contributed by atoms with E-state index in [1.165, 1.54) is 19.1 Å². The molecule has 2 aromatic rings. The number of ether oxygens (including phenoxy) is 1. The van der Waals surface area contributed by atoms with Crippen molar-refractivity contribution >= 4 is 17.4 Å². The lowest BCUT2D eigenvalue weighted by Gasteiger charge is -2.15. The van der Waals surface area contributed by atoms with Crippen LogP contribution in [0.2, 0.25) is 0 Å². The van der Waals surface area contributed by atoms with Gasteiger partial charge in [0.2, 0.25) is 0 Å². The van der Waals surface area contributed by atoms with E-state index in [9.17, 15) is 18.0 Å². The molecule has 3 nitrogen and oxygen atoms in total. The molecule has 2 rings (SSSR count). The van der Waals surface area contributed by atoms with E-state index in [-0.39, 0.29) is 23.4 Å². The van der Waals surface area contributed by atoms with Gasteiger partial charge in [-0.1, -0.05) is 42.5 Å². The molecular weight excluding hydrogens is 319 g/mol. The van der Waals surface area contributed by atoms with Crippen molar-refractivity contribution < 1.29 is 22.7 Å². The van der Waals surface area contributed by atoms with Gasteiger partial charge in [-0.3, -0.25) is 5.32 Å². The fraction of sp³-hybridized carbons (Fsp3) is 0.167. The number of benzene rings is 2. The van der Waals surface area contributed by atoms with Gasteiger partial charge in [0.05, 0.1) is 5.56 Å². The molecule has 1 amide bonds. The predicted octanol–water partition coefficient (Wildman–Crippen LogP) is 5.49. The quantitative estimate of drug-likeness (QED) is 0.802. The number of nitrogens with one attached hydrogen (secondary N) is 1. The fourth-order valence-electron chi connectivity index (χ4n) is 2.10. The summed E-state index contributed by atoms with van der Waals surface area (Å²) in [7, 11) is 0. The first-order chi connectivity index (χ1) is 11.3. The summed E-state index contributed by atoms with van der Waals surface area (Å²) >= 11 is 0. The van der Waals surface area contributed by atoms with E-state index in [4.69, 9.17) is 4.74 Å². The Morgan fingerprint density at radius 2 is 1.83 bits per heavy atom. The summed E-state index contributed by atoms with van der Waals surface area (Å²) in [5, 5.41) is 2.42. The van der Waals surface area contributed by atoms with Gasteiger partial charge in [0, 0.05) is 5.69 Å². The van der Waals surface area contributed by atoms with Crippen LogP contribution in [0.15, 0.2) is 55.1 Å².